The number of carbonyl (C=O) groups is 2. The van der Waals surface area contributed by atoms with Gasteiger partial charge in [-0.15, -0.1) is 0 Å². The molecule has 0 fully saturated rings. The largest absolute Gasteiger partial charge is 0.480 e. The third kappa shape index (κ3) is 4.57. The zero-order valence-electron chi connectivity index (χ0n) is 12.2. The van der Waals surface area contributed by atoms with Gasteiger partial charge in [0.2, 0.25) is 0 Å². The summed E-state index contributed by atoms with van der Waals surface area (Å²) in [5, 5.41) is 11.7. The lowest BCUT2D eigenvalue weighted by atomic mass is 10.1. The number of aryl methyl sites for hydroxylation is 1. The summed E-state index contributed by atoms with van der Waals surface area (Å²) in [5.41, 5.74) is 1.78. The summed E-state index contributed by atoms with van der Waals surface area (Å²) >= 11 is 0. The molecule has 5 heteroatoms. The maximum absolute atomic E-state index is 12.1. The summed E-state index contributed by atoms with van der Waals surface area (Å²) in [6, 6.07) is 6.25. The minimum Gasteiger partial charge on any atom is -0.480 e. The van der Waals surface area contributed by atoms with Crippen LogP contribution in [0.4, 0.5) is 10.5 Å². The van der Waals surface area contributed by atoms with E-state index in [0.29, 0.717) is 6.42 Å². The number of unbranched alkanes of at least 4 members (excludes halogenated alkanes) is 1. The van der Waals surface area contributed by atoms with Crippen LogP contribution in [0.3, 0.4) is 0 Å². The number of amides is 2. The van der Waals surface area contributed by atoms with Gasteiger partial charge in [0.1, 0.15) is 6.04 Å². The van der Waals surface area contributed by atoms with Gasteiger partial charge in [-0.05, 0) is 31.0 Å². The van der Waals surface area contributed by atoms with E-state index in [1.54, 1.807) is 7.05 Å². The quantitative estimate of drug-likeness (QED) is 0.840. The summed E-state index contributed by atoms with van der Waals surface area (Å²) in [5.74, 6) is -0.996. The number of anilines is 1. The van der Waals surface area contributed by atoms with Crippen molar-refractivity contribution >= 4 is 17.7 Å². The second-order valence-electron chi connectivity index (χ2n) is 4.88. The summed E-state index contributed by atoms with van der Waals surface area (Å²) in [4.78, 5) is 24.6. The van der Waals surface area contributed by atoms with E-state index in [1.807, 2.05) is 38.1 Å². The average Bonchev–Trinajstić information content (AvgIpc) is 2.42. The minimum absolute atomic E-state index is 0.404. The van der Waals surface area contributed by atoms with Crippen LogP contribution in [0.15, 0.2) is 24.3 Å². The fraction of sp³-hybridized carbons (Fsp3) is 0.467. The van der Waals surface area contributed by atoms with Gasteiger partial charge in [0.15, 0.2) is 0 Å². The SMILES string of the molecule is CCCCC(NC(=O)N(C)c1cccc(C)c1)C(=O)O. The Labute approximate surface area is 119 Å². The van der Waals surface area contributed by atoms with Crippen molar-refractivity contribution in [2.45, 2.75) is 39.2 Å². The maximum Gasteiger partial charge on any atom is 0.326 e. The van der Waals surface area contributed by atoms with Crippen molar-refractivity contribution in [1.29, 1.82) is 0 Å². The topological polar surface area (TPSA) is 69.6 Å². The minimum atomic E-state index is -0.996. The average molecular weight is 278 g/mol. The highest BCUT2D eigenvalue weighted by Crippen LogP contribution is 2.14. The second kappa shape index (κ2) is 7.53. The molecule has 2 amide bonds. The van der Waals surface area contributed by atoms with Gasteiger partial charge in [0.05, 0.1) is 0 Å². The first-order valence-corrected chi connectivity index (χ1v) is 6.79. The molecule has 1 rings (SSSR count). The molecule has 0 saturated carbocycles. The van der Waals surface area contributed by atoms with E-state index in [4.69, 9.17) is 5.11 Å². The number of carboxylic acid groups (broad SMARTS) is 1. The first-order chi connectivity index (χ1) is 9.45. The Balaban J connectivity index is 2.70. The predicted octanol–water partition coefficient (Wildman–Crippen LogP) is 2.78. The fourth-order valence-electron chi connectivity index (χ4n) is 1.87. The molecule has 0 saturated heterocycles. The van der Waals surface area contributed by atoms with Gasteiger partial charge < -0.3 is 10.4 Å². The molecule has 1 atom stereocenters. The number of urea groups is 1. The predicted molar refractivity (Wildman–Crippen MR) is 79.1 cm³/mol. The number of aliphatic carboxylic acids is 1. The summed E-state index contributed by atoms with van der Waals surface area (Å²) in [6.07, 6.45) is 2.11. The van der Waals surface area contributed by atoms with Crippen LogP contribution in [0.5, 0.6) is 0 Å². The lowest BCUT2D eigenvalue weighted by Gasteiger charge is -2.21. The van der Waals surface area contributed by atoms with Crippen LogP contribution in [-0.4, -0.2) is 30.2 Å². The smallest absolute Gasteiger partial charge is 0.326 e. The van der Waals surface area contributed by atoms with E-state index in [1.165, 1.54) is 4.90 Å². The number of rotatable bonds is 6. The molecular formula is C15H22N2O3. The highest BCUT2D eigenvalue weighted by molar-refractivity contribution is 5.94. The Bertz CT molecular complexity index is 474. The summed E-state index contributed by atoms with van der Waals surface area (Å²) < 4.78 is 0. The molecule has 0 bridgehead atoms. The Morgan fingerprint density at radius 2 is 2.10 bits per heavy atom. The molecule has 1 aromatic rings. The molecule has 0 aliphatic heterocycles. The zero-order chi connectivity index (χ0) is 15.1. The van der Waals surface area contributed by atoms with Crippen LogP contribution in [0.25, 0.3) is 0 Å². The molecule has 1 unspecified atom stereocenters. The van der Waals surface area contributed by atoms with Crippen molar-refractivity contribution in [3.8, 4) is 0 Å². The van der Waals surface area contributed by atoms with Crippen LogP contribution in [0, 0.1) is 6.92 Å². The third-order valence-corrected chi connectivity index (χ3v) is 3.14. The lowest BCUT2D eigenvalue weighted by molar-refractivity contribution is -0.139. The molecule has 0 aromatic heterocycles. The van der Waals surface area contributed by atoms with Gasteiger partial charge in [-0.25, -0.2) is 9.59 Å². The van der Waals surface area contributed by atoms with Crippen LogP contribution >= 0.6 is 0 Å². The molecule has 0 aliphatic rings. The Morgan fingerprint density at radius 3 is 2.65 bits per heavy atom. The number of nitrogens with zero attached hydrogens (tertiary/aromatic N) is 1. The number of carboxylic acids is 1. The van der Waals surface area contributed by atoms with Gasteiger partial charge in [0.25, 0.3) is 0 Å². The fourth-order valence-corrected chi connectivity index (χ4v) is 1.87. The normalized spacial score (nSPS) is 11.8. The van der Waals surface area contributed by atoms with E-state index in [-0.39, 0.29) is 0 Å². The number of nitrogens with one attached hydrogen (secondary N) is 1. The van der Waals surface area contributed by atoms with Crippen molar-refractivity contribution < 1.29 is 14.7 Å². The Hall–Kier alpha value is -2.04. The van der Waals surface area contributed by atoms with E-state index in [2.05, 4.69) is 5.32 Å². The van der Waals surface area contributed by atoms with Crippen LogP contribution in [0.1, 0.15) is 31.7 Å². The molecule has 20 heavy (non-hydrogen) atoms. The van der Waals surface area contributed by atoms with E-state index < -0.39 is 18.0 Å². The standard InChI is InChI=1S/C15H22N2O3/c1-4-5-9-13(14(18)19)16-15(20)17(3)12-8-6-7-11(2)10-12/h6-8,10,13H,4-5,9H2,1-3H3,(H,16,20)(H,18,19). The van der Waals surface area contributed by atoms with E-state index in [0.717, 1.165) is 24.1 Å². The van der Waals surface area contributed by atoms with Gasteiger partial charge in [0, 0.05) is 12.7 Å². The van der Waals surface area contributed by atoms with Crippen LogP contribution in [0.2, 0.25) is 0 Å². The third-order valence-electron chi connectivity index (χ3n) is 3.14. The Morgan fingerprint density at radius 1 is 1.40 bits per heavy atom. The molecule has 1 aromatic carbocycles. The van der Waals surface area contributed by atoms with Crippen molar-refractivity contribution in [2.75, 3.05) is 11.9 Å². The van der Waals surface area contributed by atoms with Gasteiger partial charge in [-0.3, -0.25) is 4.90 Å². The molecule has 5 nitrogen and oxygen atoms in total. The summed E-state index contributed by atoms with van der Waals surface area (Å²) in [7, 11) is 1.63. The number of hydrogen-bond acceptors (Lipinski definition) is 2. The van der Waals surface area contributed by atoms with Crippen molar-refractivity contribution in [3.05, 3.63) is 29.8 Å². The van der Waals surface area contributed by atoms with Crippen LogP contribution < -0.4 is 10.2 Å². The van der Waals surface area contributed by atoms with Crippen molar-refractivity contribution in [2.24, 2.45) is 0 Å². The first-order valence-electron chi connectivity index (χ1n) is 6.79. The van der Waals surface area contributed by atoms with Crippen molar-refractivity contribution in [1.82, 2.24) is 5.32 Å². The molecule has 0 aliphatic carbocycles. The van der Waals surface area contributed by atoms with Gasteiger partial charge in [-0.2, -0.15) is 0 Å². The second-order valence-corrected chi connectivity index (χ2v) is 4.88. The molecule has 0 radical (unpaired) electrons. The molecular weight excluding hydrogens is 256 g/mol. The van der Waals surface area contributed by atoms with Gasteiger partial charge in [-0.1, -0.05) is 31.9 Å². The monoisotopic (exact) mass is 278 g/mol. The lowest BCUT2D eigenvalue weighted by Crippen LogP contribution is -2.46. The first kappa shape index (κ1) is 16.0. The Kier molecular flexibility index (Phi) is 6.03. The van der Waals surface area contributed by atoms with E-state index in [9.17, 15) is 9.59 Å². The number of benzene rings is 1. The molecule has 0 spiro atoms. The van der Waals surface area contributed by atoms with E-state index >= 15 is 0 Å². The highest BCUT2D eigenvalue weighted by atomic mass is 16.4. The number of carbonyl (C=O) groups excluding carboxylic acids is 1. The maximum atomic E-state index is 12.1. The highest BCUT2D eigenvalue weighted by Gasteiger charge is 2.21. The van der Waals surface area contributed by atoms with Crippen molar-refractivity contribution in [3.63, 3.8) is 0 Å². The van der Waals surface area contributed by atoms with Gasteiger partial charge >= 0.3 is 12.0 Å². The molecule has 2 N–H and O–H groups in total. The zero-order valence-corrected chi connectivity index (χ0v) is 12.2. The summed E-state index contributed by atoms with van der Waals surface area (Å²) in [6.45, 7) is 3.93. The number of hydrogen-bond donors (Lipinski definition) is 2. The van der Waals surface area contributed by atoms with Crippen LogP contribution in [-0.2, 0) is 4.79 Å². The molecule has 110 valence electrons. The molecule has 0 heterocycles.